The minimum atomic E-state index is -0.207. The molecule has 0 aliphatic carbocycles. The third-order valence-electron chi connectivity index (χ3n) is 3.02. The van der Waals surface area contributed by atoms with Crippen LogP contribution in [0.2, 0.25) is 0 Å². The molecule has 1 aromatic rings. The fraction of sp³-hybridized carbons (Fsp3) is 0.600. The van der Waals surface area contributed by atoms with E-state index >= 15 is 0 Å². The number of hydrogen-bond acceptors (Lipinski definition) is 4. The first-order chi connectivity index (χ1) is 10.1. The van der Waals surface area contributed by atoms with Gasteiger partial charge in [0.05, 0.1) is 18.0 Å². The van der Waals surface area contributed by atoms with Crippen molar-refractivity contribution in [2.75, 3.05) is 26.8 Å². The van der Waals surface area contributed by atoms with Crippen molar-refractivity contribution in [1.29, 1.82) is 0 Å². The second kappa shape index (κ2) is 9.52. The average molecular weight is 312 g/mol. The molecule has 0 aliphatic rings. The Morgan fingerprint density at radius 2 is 2.05 bits per heavy atom. The third kappa shape index (κ3) is 5.85. The fourth-order valence-corrected chi connectivity index (χ4v) is 3.19. The maximum Gasteiger partial charge on any atom is 0.261 e. The van der Waals surface area contributed by atoms with Gasteiger partial charge in [-0.05, 0) is 24.5 Å². The van der Waals surface area contributed by atoms with Crippen LogP contribution in [0, 0.1) is 0 Å². The van der Waals surface area contributed by atoms with Crippen molar-refractivity contribution in [2.45, 2.75) is 33.1 Å². The van der Waals surface area contributed by atoms with E-state index in [0.29, 0.717) is 18.0 Å². The molecule has 0 fully saturated rings. The van der Waals surface area contributed by atoms with E-state index in [1.165, 1.54) is 21.8 Å². The Labute approximate surface area is 130 Å². The molecular weight excluding hydrogens is 288 g/mol. The third-order valence-corrected chi connectivity index (χ3v) is 4.25. The second-order valence-corrected chi connectivity index (χ2v) is 5.82. The number of carbonyl (C=O) groups is 2. The molecule has 2 N–H and O–H groups in total. The van der Waals surface area contributed by atoms with Gasteiger partial charge in [-0.15, -0.1) is 11.3 Å². The van der Waals surface area contributed by atoms with Crippen molar-refractivity contribution in [3.63, 3.8) is 0 Å². The van der Waals surface area contributed by atoms with Gasteiger partial charge < -0.3 is 15.4 Å². The SMILES string of the molecule is CCCc1sc(C(=O)NCC(=O)NCCOC)cc1CC. The normalized spacial score (nSPS) is 10.4. The number of hydrogen-bond donors (Lipinski definition) is 2. The van der Waals surface area contributed by atoms with E-state index < -0.39 is 0 Å². The highest BCUT2D eigenvalue weighted by molar-refractivity contribution is 7.14. The van der Waals surface area contributed by atoms with Gasteiger partial charge >= 0.3 is 0 Å². The van der Waals surface area contributed by atoms with E-state index in [1.54, 1.807) is 7.11 Å². The molecule has 6 heteroatoms. The van der Waals surface area contributed by atoms with Crippen molar-refractivity contribution in [3.8, 4) is 0 Å². The number of rotatable bonds is 9. The molecule has 0 aliphatic heterocycles. The van der Waals surface area contributed by atoms with Crippen molar-refractivity contribution >= 4 is 23.2 Å². The molecule has 0 saturated carbocycles. The van der Waals surface area contributed by atoms with E-state index in [0.717, 1.165) is 19.3 Å². The summed E-state index contributed by atoms with van der Waals surface area (Å²) in [5, 5.41) is 5.31. The van der Waals surface area contributed by atoms with Crippen molar-refractivity contribution in [1.82, 2.24) is 10.6 Å². The van der Waals surface area contributed by atoms with Crippen LogP contribution < -0.4 is 10.6 Å². The lowest BCUT2D eigenvalue weighted by molar-refractivity contribution is -0.120. The van der Waals surface area contributed by atoms with Crippen LogP contribution in [0.15, 0.2) is 6.07 Å². The second-order valence-electron chi connectivity index (χ2n) is 4.69. The fourth-order valence-electron chi connectivity index (χ4n) is 1.92. The topological polar surface area (TPSA) is 67.4 Å². The van der Waals surface area contributed by atoms with Gasteiger partial charge in [0.25, 0.3) is 5.91 Å². The highest BCUT2D eigenvalue weighted by atomic mass is 32.1. The van der Waals surface area contributed by atoms with Crippen molar-refractivity contribution < 1.29 is 14.3 Å². The van der Waals surface area contributed by atoms with E-state index in [-0.39, 0.29) is 18.4 Å². The first kappa shape index (κ1) is 17.7. The van der Waals surface area contributed by atoms with Gasteiger partial charge in [-0.3, -0.25) is 9.59 Å². The number of thiophene rings is 1. The zero-order valence-electron chi connectivity index (χ0n) is 13.0. The number of methoxy groups -OCH3 is 1. The molecule has 1 rings (SSSR count). The quantitative estimate of drug-likeness (QED) is 0.683. The Morgan fingerprint density at radius 3 is 2.67 bits per heavy atom. The molecule has 118 valence electrons. The molecule has 0 radical (unpaired) electrons. The smallest absolute Gasteiger partial charge is 0.261 e. The van der Waals surface area contributed by atoms with Gasteiger partial charge in [0.2, 0.25) is 5.91 Å². The first-order valence-corrected chi connectivity index (χ1v) is 8.09. The van der Waals surface area contributed by atoms with E-state index in [2.05, 4.69) is 24.5 Å². The molecular formula is C15H24N2O3S. The molecule has 0 atom stereocenters. The molecule has 21 heavy (non-hydrogen) atoms. The Balaban J connectivity index is 2.50. The zero-order chi connectivity index (χ0) is 15.7. The van der Waals surface area contributed by atoms with E-state index in [9.17, 15) is 9.59 Å². The largest absolute Gasteiger partial charge is 0.383 e. The number of carbonyl (C=O) groups excluding carboxylic acids is 2. The van der Waals surface area contributed by atoms with Gasteiger partial charge in [-0.25, -0.2) is 0 Å². The summed E-state index contributed by atoms with van der Waals surface area (Å²) in [5.41, 5.74) is 1.23. The summed E-state index contributed by atoms with van der Waals surface area (Å²) < 4.78 is 4.84. The maximum absolute atomic E-state index is 12.1. The van der Waals surface area contributed by atoms with Crippen LogP contribution in [0.5, 0.6) is 0 Å². The Hall–Kier alpha value is -1.40. The van der Waals surface area contributed by atoms with Crippen LogP contribution in [0.1, 0.15) is 40.4 Å². The Morgan fingerprint density at radius 1 is 1.29 bits per heavy atom. The van der Waals surface area contributed by atoms with Crippen LogP contribution >= 0.6 is 11.3 Å². The standard InChI is InChI=1S/C15H24N2O3S/c1-4-6-12-11(5-2)9-13(21-12)15(19)17-10-14(18)16-7-8-20-3/h9H,4-8,10H2,1-3H3,(H,16,18)(H,17,19). The summed E-state index contributed by atoms with van der Waals surface area (Å²) in [7, 11) is 1.57. The molecule has 1 aromatic heterocycles. The molecule has 0 bridgehead atoms. The number of amides is 2. The van der Waals surface area contributed by atoms with Crippen LogP contribution in [0.25, 0.3) is 0 Å². The predicted octanol–water partition coefficient (Wildman–Crippen LogP) is 1.76. The predicted molar refractivity (Wildman–Crippen MR) is 84.9 cm³/mol. The molecule has 0 spiro atoms. The van der Waals surface area contributed by atoms with Gasteiger partial charge in [-0.2, -0.15) is 0 Å². The first-order valence-electron chi connectivity index (χ1n) is 7.27. The summed E-state index contributed by atoms with van der Waals surface area (Å²) in [5.74, 6) is -0.389. The van der Waals surface area contributed by atoms with Crippen LogP contribution in [0.4, 0.5) is 0 Å². The van der Waals surface area contributed by atoms with Gasteiger partial charge in [-0.1, -0.05) is 20.3 Å². The molecule has 1 heterocycles. The molecule has 0 saturated heterocycles. The number of nitrogens with one attached hydrogen (secondary N) is 2. The minimum absolute atomic E-state index is 0.00891. The lowest BCUT2D eigenvalue weighted by Gasteiger charge is -2.05. The average Bonchev–Trinajstić information content (AvgIpc) is 2.88. The van der Waals surface area contributed by atoms with Crippen LogP contribution in [-0.4, -0.2) is 38.6 Å². The summed E-state index contributed by atoms with van der Waals surface area (Å²) in [6.07, 6.45) is 2.99. The molecule has 0 aromatic carbocycles. The summed E-state index contributed by atoms with van der Waals surface area (Å²) in [6, 6.07) is 1.94. The molecule has 2 amide bonds. The van der Waals surface area contributed by atoms with E-state index in [1.807, 2.05) is 6.07 Å². The lowest BCUT2D eigenvalue weighted by atomic mass is 10.1. The molecule has 5 nitrogen and oxygen atoms in total. The zero-order valence-corrected chi connectivity index (χ0v) is 13.8. The summed E-state index contributed by atoms with van der Waals surface area (Å²) in [6.45, 7) is 5.12. The Kier molecular flexibility index (Phi) is 8.00. The summed E-state index contributed by atoms with van der Waals surface area (Å²) >= 11 is 1.53. The van der Waals surface area contributed by atoms with Crippen molar-refractivity contribution in [2.24, 2.45) is 0 Å². The van der Waals surface area contributed by atoms with Gasteiger partial charge in [0, 0.05) is 18.5 Å². The summed E-state index contributed by atoms with van der Waals surface area (Å²) in [4.78, 5) is 25.5. The van der Waals surface area contributed by atoms with Crippen molar-refractivity contribution in [3.05, 3.63) is 21.4 Å². The monoisotopic (exact) mass is 312 g/mol. The Bertz CT molecular complexity index is 471. The highest BCUT2D eigenvalue weighted by Crippen LogP contribution is 2.24. The lowest BCUT2D eigenvalue weighted by Crippen LogP contribution is -2.37. The minimum Gasteiger partial charge on any atom is -0.383 e. The molecule has 0 unspecified atom stereocenters. The maximum atomic E-state index is 12.1. The van der Waals surface area contributed by atoms with Crippen LogP contribution in [-0.2, 0) is 22.4 Å². The number of ether oxygens (including phenoxy) is 1. The number of aryl methyl sites for hydroxylation is 2. The van der Waals surface area contributed by atoms with Crippen LogP contribution in [0.3, 0.4) is 0 Å². The van der Waals surface area contributed by atoms with E-state index in [4.69, 9.17) is 4.74 Å². The van der Waals surface area contributed by atoms with Gasteiger partial charge in [0.1, 0.15) is 0 Å². The van der Waals surface area contributed by atoms with Gasteiger partial charge in [0.15, 0.2) is 0 Å². The highest BCUT2D eigenvalue weighted by Gasteiger charge is 2.14.